The molecular weight excluding hydrogens is 1260 g/mol. The first kappa shape index (κ1) is 68.1. The van der Waals surface area contributed by atoms with Gasteiger partial charge in [0.1, 0.15) is 22.1 Å². The van der Waals surface area contributed by atoms with Crippen molar-refractivity contribution < 1.29 is 19.5 Å². The second-order valence-electron chi connectivity index (χ2n) is 19.5. The van der Waals surface area contributed by atoms with E-state index in [4.69, 9.17) is 25.6 Å². The lowest BCUT2D eigenvalue weighted by molar-refractivity contribution is -0.143. The van der Waals surface area contributed by atoms with Crippen molar-refractivity contribution in [1.29, 1.82) is 0 Å². The highest BCUT2D eigenvalue weighted by atomic mass is 79.9. The van der Waals surface area contributed by atoms with Gasteiger partial charge < -0.3 is 25.6 Å². The molecule has 8 heterocycles. The van der Waals surface area contributed by atoms with Crippen molar-refractivity contribution in [2.75, 3.05) is 40.5 Å². The zero-order valence-corrected chi connectivity index (χ0v) is 53.7. The second kappa shape index (κ2) is 38.1. The first-order chi connectivity index (χ1) is 43.2. The summed E-state index contributed by atoms with van der Waals surface area (Å²) in [6, 6.07) is 55.8. The molecule has 462 valence electrons. The number of pyridine rings is 4. The molecule has 12 aromatic rings. The van der Waals surface area contributed by atoms with Gasteiger partial charge in [0.25, 0.3) is 0 Å². The average molecular weight is 1330 g/mol. The van der Waals surface area contributed by atoms with Crippen LogP contribution in [0.15, 0.2) is 199 Å². The summed E-state index contributed by atoms with van der Waals surface area (Å²) in [5.74, 6) is 2.27. The predicted octanol–water partition coefficient (Wildman–Crippen LogP) is 18.2. The molecule has 22 heteroatoms. The largest absolute Gasteiger partial charge is 0.466 e. The summed E-state index contributed by atoms with van der Waals surface area (Å²) < 4.78 is 10.6. The quantitative estimate of drug-likeness (QED) is 0.0154. The fraction of sp³-hybridized carbons (Fsp3) is 0.254. The highest BCUT2D eigenvalue weighted by Crippen LogP contribution is 2.35. The highest BCUT2D eigenvalue weighted by Gasteiger charge is 2.17. The van der Waals surface area contributed by atoms with E-state index < -0.39 is 0 Å². The van der Waals surface area contributed by atoms with Crippen molar-refractivity contribution in [2.24, 2.45) is 0 Å². The molecule has 0 fully saturated rings. The van der Waals surface area contributed by atoms with Crippen LogP contribution in [0.1, 0.15) is 91.4 Å². The van der Waals surface area contributed by atoms with E-state index in [1.165, 1.54) is 25.4 Å². The van der Waals surface area contributed by atoms with Gasteiger partial charge >= 0.3 is 5.97 Å². The van der Waals surface area contributed by atoms with Crippen LogP contribution in [0, 0.1) is 0 Å². The van der Waals surface area contributed by atoms with Gasteiger partial charge in [-0.05, 0) is 146 Å². The predicted molar refractivity (Wildman–Crippen MR) is 374 cm³/mol. The van der Waals surface area contributed by atoms with Gasteiger partial charge in [0, 0.05) is 50.7 Å². The Morgan fingerprint density at radius 2 is 0.921 bits per heavy atom. The Labute approximate surface area is 544 Å². The van der Waals surface area contributed by atoms with E-state index in [-0.39, 0.29) is 19.3 Å². The average Bonchev–Trinajstić information content (AvgIpc) is 3.30. The van der Waals surface area contributed by atoms with Crippen LogP contribution in [0.2, 0.25) is 0 Å². The van der Waals surface area contributed by atoms with E-state index in [2.05, 4.69) is 85.2 Å². The molecule has 0 aliphatic rings. The SMILES string of the molecule is Brc1ccccn1.C.CCOC(=O)CCCCCCCN(c1ccccn1)c1nc2ccccc2s1.Nc1nc2ccccc2s1.O=C(CCCCCCCN(c1ccccn1)c1nc2ccccc2s1)NO.c1ccc(Nc2nc3ccccc3s2)nc1. The molecule has 0 saturated heterocycles. The standard InChI is InChI=1S/C22H27N3O2S.C20H24N4O2S.C12H9N3S.C7H6N2S.C5H4BrN.CH4/c1-2-27-21(26)15-6-4-3-5-11-17-25(20-14-9-10-16-23-20)22-24-18-12-7-8-13-19(18)28-22;25-19(23-26)13-4-2-1-3-9-15-24(18-12-7-8-14-21-18)20-22-16-10-5-6-11-17(16)27-20;1-2-6-10-9(5-1)14-12(16-10)15-11-7-3-4-8-13-11;8-7-9-5-3-1-2-4-6(5)10-7;6-5-3-1-2-4-7-5;/h7-10,12-14,16H,2-6,11,15,17H2,1H3;5-8,10-12,14,26H,1-4,9,13,15H2,(H,23,25);1-8H,(H,13,14,15);1-4H,(H2,8,9);1-4H;1H4. The van der Waals surface area contributed by atoms with Gasteiger partial charge in [0.2, 0.25) is 5.91 Å². The summed E-state index contributed by atoms with van der Waals surface area (Å²) in [6.45, 7) is 4.05. The molecule has 0 atom stereocenters. The fourth-order valence-corrected chi connectivity index (χ4v) is 12.6. The molecule has 0 radical (unpaired) electrons. The maximum absolute atomic E-state index is 11.4. The number of nitrogens with zero attached hydrogens (tertiary/aromatic N) is 10. The number of carbonyl (C=O) groups excluding carboxylic acids is 2. The number of para-hydroxylation sites is 4. The van der Waals surface area contributed by atoms with E-state index in [1.54, 1.807) is 51.9 Å². The monoisotopic (exact) mass is 1330 g/mol. The maximum atomic E-state index is 11.4. The van der Waals surface area contributed by atoms with Crippen LogP contribution in [-0.2, 0) is 14.3 Å². The molecule has 0 aliphatic carbocycles. The van der Waals surface area contributed by atoms with Crippen LogP contribution in [-0.4, -0.2) is 76.7 Å². The molecule has 0 bridgehead atoms. The molecule has 5 N–H and O–H groups in total. The number of amides is 1. The minimum Gasteiger partial charge on any atom is -0.466 e. The van der Waals surface area contributed by atoms with Crippen LogP contribution in [0.3, 0.4) is 0 Å². The Hall–Kier alpha value is -8.38. The van der Waals surface area contributed by atoms with Gasteiger partial charge in [-0.1, -0.05) is 164 Å². The minimum atomic E-state index is -0.313. The number of aromatic nitrogens is 8. The number of anilines is 7. The number of ether oxygens (including phenoxy) is 1. The number of rotatable bonds is 23. The van der Waals surface area contributed by atoms with Crippen LogP contribution in [0.4, 0.5) is 38.0 Å². The van der Waals surface area contributed by atoms with Gasteiger partial charge in [0.05, 0.1) is 47.5 Å². The second-order valence-corrected chi connectivity index (χ2v) is 24.4. The van der Waals surface area contributed by atoms with E-state index in [9.17, 15) is 9.59 Å². The third-order valence-electron chi connectivity index (χ3n) is 13.0. The smallest absolute Gasteiger partial charge is 0.305 e. The number of hydroxylamine groups is 1. The number of thiazole rings is 4. The van der Waals surface area contributed by atoms with Crippen molar-refractivity contribution in [3.05, 3.63) is 199 Å². The summed E-state index contributed by atoms with van der Waals surface area (Å²) in [6.07, 6.45) is 18.3. The van der Waals surface area contributed by atoms with Gasteiger partial charge in [-0.25, -0.2) is 45.4 Å². The molecular formula is C67H74BrN13O4S4. The van der Waals surface area contributed by atoms with E-state index in [0.717, 1.165) is 142 Å². The molecule has 12 rings (SSSR count). The third-order valence-corrected chi connectivity index (χ3v) is 17.4. The molecule has 0 aliphatic heterocycles. The lowest BCUT2D eigenvalue weighted by Crippen LogP contribution is -2.19. The Bertz CT molecular complexity index is 3810. The van der Waals surface area contributed by atoms with Gasteiger partial charge in [-0.15, -0.1) is 0 Å². The number of esters is 1. The Morgan fingerprint density at radius 3 is 1.35 bits per heavy atom. The fourth-order valence-electron chi connectivity index (χ4n) is 8.74. The highest BCUT2D eigenvalue weighted by molar-refractivity contribution is 9.10. The Morgan fingerprint density at radius 1 is 0.494 bits per heavy atom. The summed E-state index contributed by atoms with van der Waals surface area (Å²) in [7, 11) is 0. The normalized spacial score (nSPS) is 10.5. The maximum Gasteiger partial charge on any atom is 0.305 e. The number of carbonyl (C=O) groups is 2. The van der Waals surface area contributed by atoms with Crippen molar-refractivity contribution in [1.82, 2.24) is 45.4 Å². The topological polar surface area (TPSA) is 223 Å². The molecule has 0 unspecified atom stereocenters. The summed E-state index contributed by atoms with van der Waals surface area (Å²) in [4.78, 5) is 62.1. The number of halogens is 1. The number of nitrogen functional groups attached to an aromatic ring is 1. The van der Waals surface area contributed by atoms with Crippen molar-refractivity contribution in [3.63, 3.8) is 0 Å². The lowest BCUT2D eigenvalue weighted by Gasteiger charge is -2.20. The van der Waals surface area contributed by atoms with Crippen LogP contribution in [0.5, 0.6) is 0 Å². The van der Waals surface area contributed by atoms with Crippen LogP contribution < -0.4 is 26.3 Å². The third kappa shape index (κ3) is 22.9. The van der Waals surface area contributed by atoms with Crippen molar-refractivity contribution in [3.8, 4) is 0 Å². The summed E-state index contributed by atoms with van der Waals surface area (Å²) in [5, 5.41) is 15.1. The summed E-state index contributed by atoms with van der Waals surface area (Å²) >= 11 is 9.74. The number of unbranched alkanes of at least 4 members (excludes halogenated alkanes) is 8. The van der Waals surface area contributed by atoms with Gasteiger partial charge in [0.15, 0.2) is 20.5 Å². The van der Waals surface area contributed by atoms with Crippen LogP contribution >= 0.6 is 61.3 Å². The van der Waals surface area contributed by atoms with E-state index in [1.807, 2.05) is 165 Å². The molecule has 0 spiro atoms. The van der Waals surface area contributed by atoms with E-state index >= 15 is 0 Å². The lowest BCUT2D eigenvalue weighted by atomic mass is 10.1. The molecule has 0 saturated carbocycles. The molecule has 4 aromatic carbocycles. The van der Waals surface area contributed by atoms with E-state index in [0.29, 0.717) is 24.6 Å². The van der Waals surface area contributed by atoms with Crippen molar-refractivity contribution >= 4 is 152 Å². The number of nitrogens with two attached hydrogens (primary N) is 1. The Balaban J connectivity index is 0.000000170. The Kier molecular flexibility index (Phi) is 29.2. The van der Waals surface area contributed by atoms with Crippen molar-refractivity contribution in [2.45, 2.75) is 91.4 Å². The zero-order chi connectivity index (χ0) is 61.4. The van der Waals surface area contributed by atoms with Crippen LogP contribution in [0.25, 0.3) is 40.9 Å². The summed E-state index contributed by atoms with van der Waals surface area (Å²) in [5.41, 5.74) is 11.2. The molecule has 89 heavy (non-hydrogen) atoms. The molecule has 8 aromatic heterocycles. The number of benzene rings is 4. The number of nitrogens with one attached hydrogen (secondary N) is 2. The minimum absolute atomic E-state index is 0. The first-order valence-corrected chi connectivity index (χ1v) is 33.2. The van der Waals surface area contributed by atoms with Gasteiger partial charge in [-0.2, -0.15) is 0 Å². The first-order valence-electron chi connectivity index (χ1n) is 29.1. The number of fused-ring (bicyclic) bond motifs is 4. The molecule has 1 amide bonds. The molecule has 17 nitrogen and oxygen atoms in total. The number of hydrogen-bond donors (Lipinski definition) is 4. The zero-order valence-electron chi connectivity index (χ0n) is 48.8. The number of hydrogen-bond acceptors (Lipinski definition) is 20. The van der Waals surface area contributed by atoms with Gasteiger partial charge in [-0.3, -0.25) is 14.8 Å².